The first-order chi connectivity index (χ1) is 9.22. The van der Waals surface area contributed by atoms with E-state index in [-0.39, 0.29) is 18.5 Å². The van der Waals surface area contributed by atoms with Crippen molar-refractivity contribution in [2.45, 2.75) is 25.9 Å². The van der Waals surface area contributed by atoms with Crippen molar-refractivity contribution in [2.75, 3.05) is 5.32 Å². The van der Waals surface area contributed by atoms with Crippen molar-refractivity contribution < 1.29 is 9.32 Å². The lowest BCUT2D eigenvalue weighted by molar-refractivity contribution is -0.122. The molecule has 2 aromatic rings. The summed E-state index contributed by atoms with van der Waals surface area (Å²) in [6, 6.07) is 7.69. The number of carbonyl (C=O) groups is 1. The average Bonchev–Trinajstić information content (AvgIpc) is 3.01. The van der Waals surface area contributed by atoms with Gasteiger partial charge in [0.05, 0.1) is 6.54 Å². The predicted molar refractivity (Wildman–Crippen MR) is 68.4 cm³/mol. The number of benzene rings is 1. The number of para-hydroxylation sites is 1. The summed E-state index contributed by atoms with van der Waals surface area (Å²) < 4.78 is 4.94. The molecule has 6 heteroatoms. The molecule has 0 radical (unpaired) electrons. The van der Waals surface area contributed by atoms with Gasteiger partial charge < -0.3 is 15.2 Å². The topological polar surface area (TPSA) is 80.0 Å². The molecule has 1 aliphatic heterocycles. The number of fused-ring (bicyclic) bond motifs is 1. The second-order valence-corrected chi connectivity index (χ2v) is 4.51. The number of aryl methyl sites for hydroxylation is 1. The van der Waals surface area contributed by atoms with Gasteiger partial charge in [0.1, 0.15) is 6.04 Å². The minimum absolute atomic E-state index is 0.0629. The fourth-order valence-electron chi connectivity index (χ4n) is 2.15. The number of carbonyl (C=O) groups excluding carboxylic acids is 1. The first-order valence-electron chi connectivity index (χ1n) is 6.14. The van der Waals surface area contributed by atoms with Crippen LogP contribution in [0.1, 0.15) is 17.3 Å². The van der Waals surface area contributed by atoms with Crippen LogP contribution < -0.4 is 10.6 Å². The lowest BCUT2D eigenvalue weighted by atomic mass is 10.1. The van der Waals surface area contributed by atoms with Gasteiger partial charge in [0.15, 0.2) is 5.82 Å². The minimum Gasteiger partial charge on any atom is -0.373 e. The van der Waals surface area contributed by atoms with Gasteiger partial charge in [0.2, 0.25) is 11.8 Å². The summed E-state index contributed by atoms with van der Waals surface area (Å²) in [4.78, 5) is 16.1. The highest BCUT2D eigenvalue weighted by atomic mass is 16.5. The Kier molecular flexibility index (Phi) is 2.91. The molecule has 2 heterocycles. The molecule has 0 saturated carbocycles. The Labute approximate surface area is 110 Å². The molecule has 0 bridgehead atoms. The third kappa shape index (κ3) is 2.42. The normalized spacial score (nSPS) is 16.8. The summed E-state index contributed by atoms with van der Waals surface area (Å²) in [5.41, 5.74) is 2.19. The maximum absolute atomic E-state index is 12.0. The van der Waals surface area contributed by atoms with Crippen molar-refractivity contribution >= 4 is 11.6 Å². The number of nitrogens with zero attached hydrogens (tertiary/aromatic N) is 2. The quantitative estimate of drug-likeness (QED) is 0.859. The fourth-order valence-corrected chi connectivity index (χ4v) is 2.15. The van der Waals surface area contributed by atoms with E-state index < -0.39 is 0 Å². The number of hydrogen-bond acceptors (Lipinski definition) is 5. The van der Waals surface area contributed by atoms with Crippen LogP contribution in [0.4, 0.5) is 5.69 Å². The summed E-state index contributed by atoms with van der Waals surface area (Å²) in [6.45, 7) is 2.00. The van der Waals surface area contributed by atoms with E-state index >= 15 is 0 Å². The van der Waals surface area contributed by atoms with Crippen LogP contribution in [-0.4, -0.2) is 22.1 Å². The van der Waals surface area contributed by atoms with Gasteiger partial charge in [0, 0.05) is 12.1 Å². The monoisotopic (exact) mass is 258 g/mol. The molecule has 3 rings (SSSR count). The van der Waals surface area contributed by atoms with Gasteiger partial charge in [-0.3, -0.25) is 4.79 Å². The molecule has 0 spiro atoms. The van der Waals surface area contributed by atoms with E-state index in [2.05, 4.69) is 20.8 Å². The van der Waals surface area contributed by atoms with Crippen LogP contribution in [0.5, 0.6) is 0 Å². The Bertz CT molecular complexity index is 583. The molecule has 0 unspecified atom stereocenters. The summed E-state index contributed by atoms with van der Waals surface area (Å²) in [6.07, 6.45) is 0.699. The van der Waals surface area contributed by atoms with Crippen LogP contribution in [-0.2, 0) is 17.8 Å². The fraction of sp³-hybridized carbons (Fsp3) is 0.308. The van der Waals surface area contributed by atoms with Gasteiger partial charge in [-0.15, -0.1) is 0 Å². The molecular formula is C13H14N4O2. The van der Waals surface area contributed by atoms with Crippen LogP contribution in [0.25, 0.3) is 0 Å². The Morgan fingerprint density at radius 2 is 2.37 bits per heavy atom. The van der Waals surface area contributed by atoms with Gasteiger partial charge >= 0.3 is 0 Å². The third-order valence-corrected chi connectivity index (χ3v) is 3.07. The van der Waals surface area contributed by atoms with Crippen LogP contribution in [0.3, 0.4) is 0 Å². The molecule has 0 aliphatic carbocycles. The second kappa shape index (κ2) is 4.72. The number of hydrogen-bond donors (Lipinski definition) is 2. The van der Waals surface area contributed by atoms with E-state index in [1.54, 1.807) is 6.92 Å². The zero-order valence-corrected chi connectivity index (χ0v) is 10.5. The van der Waals surface area contributed by atoms with Gasteiger partial charge in [-0.25, -0.2) is 0 Å². The number of amides is 1. The molecule has 6 nitrogen and oxygen atoms in total. The highest BCUT2D eigenvalue weighted by Gasteiger charge is 2.26. The van der Waals surface area contributed by atoms with E-state index in [0.29, 0.717) is 18.1 Å². The van der Waals surface area contributed by atoms with E-state index in [9.17, 15) is 4.79 Å². The molecule has 2 N–H and O–H groups in total. The van der Waals surface area contributed by atoms with Crippen molar-refractivity contribution in [1.82, 2.24) is 15.5 Å². The molecule has 1 aromatic carbocycles. The molecule has 98 valence electrons. The number of aromatic nitrogens is 2. The summed E-state index contributed by atoms with van der Waals surface area (Å²) >= 11 is 0. The molecule has 0 fully saturated rings. The maximum atomic E-state index is 12.0. The largest absolute Gasteiger partial charge is 0.373 e. The van der Waals surface area contributed by atoms with E-state index in [0.717, 1.165) is 11.3 Å². The zero-order valence-electron chi connectivity index (χ0n) is 10.5. The molecule has 1 aromatic heterocycles. The van der Waals surface area contributed by atoms with E-state index in [1.807, 2.05) is 24.3 Å². The highest BCUT2D eigenvalue weighted by molar-refractivity contribution is 5.87. The summed E-state index contributed by atoms with van der Waals surface area (Å²) in [5, 5.41) is 9.66. The first kappa shape index (κ1) is 11.7. The Hall–Kier alpha value is -2.37. The van der Waals surface area contributed by atoms with Crippen LogP contribution in [0, 0.1) is 6.92 Å². The molecule has 1 amide bonds. The van der Waals surface area contributed by atoms with Crippen molar-refractivity contribution in [3.63, 3.8) is 0 Å². The number of rotatable bonds is 3. The minimum atomic E-state index is -0.235. The Balaban J connectivity index is 1.58. The smallest absolute Gasteiger partial charge is 0.246 e. The summed E-state index contributed by atoms with van der Waals surface area (Å²) in [5.74, 6) is 0.920. The van der Waals surface area contributed by atoms with E-state index in [1.165, 1.54) is 0 Å². The van der Waals surface area contributed by atoms with Gasteiger partial charge in [-0.05, 0) is 18.6 Å². The first-order valence-corrected chi connectivity index (χ1v) is 6.14. The van der Waals surface area contributed by atoms with Crippen LogP contribution in [0.2, 0.25) is 0 Å². The maximum Gasteiger partial charge on any atom is 0.246 e. The average molecular weight is 258 g/mol. The zero-order chi connectivity index (χ0) is 13.2. The lowest BCUT2D eigenvalue weighted by Gasteiger charge is -2.10. The number of nitrogens with one attached hydrogen (secondary N) is 2. The Morgan fingerprint density at radius 1 is 1.53 bits per heavy atom. The van der Waals surface area contributed by atoms with Gasteiger partial charge in [-0.2, -0.15) is 4.98 Å². The highest BCUT2D eigenvalue weighted by Crippen LogP contribution is 2.25. The predicted octanol–water partition coefficient (Wildman–Crippen LogP) is 1.03. The van der Waals surface area contributed by atoms with Crippen LogP contribution >= 0.6 is 0 Å². The van der Waals surface area contributed by atoms with Gasteiger partial charge in [0.25, 0.3) is 0 Å². The molecule has 0 saturated heterocycles. The van der Waals surface area contributed by atoms with Crippen LogP contribution in [0.15, 0.2) is 28.8 Å². The van der Waals surface area contributed by atoms with E-state index in [4.69, 9.17) is 4.52 Å². The van der Waals surface area contributed by atoms with Gasteiger partial charge in [-0.1, -0.05) is 23.4 Å². The second-order valence-electron chi connectivity index (χ2n) is 4.51. The molecular weight excluding hydrogens is 244 g/mol. The summed E-state index contributed by atoms with van der Waals surface area (Å²) in [7, 11) is 0. The SMILES string of the molecule is Cc1noc(CNC(=O)[C@@H]2Cc3ccccc3N2)n1. The lowest BCUT2D eigenvalue weighted by Crippen LogP contribution is -2.38. The number of anilines is 1. The van der Waals surface area contributed by atoms with Crippen molar-refractivity contribution in [1.29, 1.82) is 0 Å². The van der Waals surface area contributed by atoms with Crippen molar-refractivity contribution in [2.24, 2.45) is 0 Å². The standard InChI is InChI=1S/C13H14N4O2/c1-8-15-12(19-17-8)7-14-13(18)11-6-9-4-2-3-5-10(9)16-11/h2-5,11,16H,6-7H2,1H3,(H,14,18)/t11-/m0/s1. The Morgan fingerprint density at radius 3 is 3.11 bits per heavy atom. The van der Waals surface area contributed by atoms with Crippen molar-refractivity contribution in [3.8, 4) is 0 Å². The molecule has 1 aliphatic rings. The third-order valence-electron chi connectivity index (χ3n) is 3.07. The molecule has 1 atom stereocenters. The van der Waals surface area contributed by atoms with Crippen molar-refractivity contribution in [3.05, 3.63) is 41.5 Å². The molecule has 19 heavy (non-hydrogen) atoms.